The maximum atomic E-state index is 11.2. The van der Waals surface area contributed by atoms with Crippen molar-refractivity contribution < 1.29 is 16.5 Å². The number of nitro groups is 1. The van der Waals surface area contributed by atoms with Gasteiger partial charge in [-0.05, 0) is 47.7 Å². The van der Waals surface area contributed by atoms with Crippen LogP contribution in [0.25, 0.3) is 22.9 Å². The van der Waals surface area contributed by atoms with Crippen LogP contribution in [-0.2, 0) is 0 Å². The summed E-state index contributed by atoms with van der Waals surface area (Å²) in [6, 6.07) is 18.5. The van der Waals surface area contributed by atoms with E-state index in [0.717, 1.165) is 22.2 Å². The molecule has 0 saturated heterocycles. The minimum Gasteiger partial charge on any atom is -0.400 e. The van der Waals surface area contributed by atoms with Gasteiger partial charge in [0.2, 0.25) is 1.43 Å². The van der Waals surface area contributed by atoms with E-state index >= 15 is 0 Å². The molecule has 0 bridgehead atoms. The molecule has 2 N–H and O–H groups in total. The van der Waals surface area contributed by atoms with Gasteiger partial charge in [0.05, 0.1) is 16.9 Å². The third kappa shape index (κ3) is 5.40. The largest absolute Gasteiger partial charge is 0.400 e. The van der Waals surface area contributed by atoms with Crippen LogP contribution < -0.4 is 4.90 Å². The van der Waals surface area contributed by atoms with E-state index in [9.17, 15) is 15.2 Å². The minimum atomic E-state index is -0.358. The number of hydrogen-bond donors (Lipinski definition) is 2. The van der Waals surface area contributed by atoms with Crippen LogP contribution in [0.3, 0.4) is 0 Å². The van der Waals surface area contributed by atoms with E-state index in [1.54, 1.807) is 24.3 Å². The fourth-order valence-electron chi connectivity index (χ4n) is 3.08. The number of nitro benzene ring substituents is 1. The van der Waals surface area contributed by atoms with E-state index in [1.165, 1.54) is 7.11 Å². The first-order valence-corrected chi connectivity index (χ1v) is 9.14. The first-order chi connectivity index (χ1) is 15.0. The van der Waals surface area contributed by atoms with Gasteiger partial charge < -0.3 is 15.1 Å². The molecule has 0 aromatic heterocycles. The molecule has 0 atom stereocenters. The number of rotatable bonds is 7. The van der Waals surface area contributed by atoms with Crippen LogP contribution in [0, 0.1) is 10.1 Å². The molecule has 3 aromatic carbocycles. The second-order valence-electron chi connectivity index (χ2n) is 6.11. The maximum Gasteiger partial charge on any atom is 0.277 e. The molecule has 29 heavy (non-hydrogen) atoms. The van der Waals surface area contributed by atoms with Crippen molar-refractivity contribution >= 4 is 34.3 Å². The van der Waals surface area contributed by atoms with Crippen molar-refractivity contribution in [3.05, 3.63) is 81.9 Å². The van der Waals surface area contributed by atoms with Crippen molar-refractivity contribution in [1.82, 2.24) is 0 Å². The zero-order valence-electron chi connectivity index (χ0n) is 18.3. The molecule has 0 heterocycles. The lowest BCUT2D eigenvalue weighted by molar-refractivity contribution is -0.383. The van der Waals surface area contributed by atoms with E-state index < -0.39 is 0 Å². The molecular formula is C23H26N2O4. The van der Waals surface area contributed by atoms with Crippen molar-refractivity contribution in [3.8, 4) is 0 Å². The van der Waals surface area contributed by atoms with Crippen LogP contribution in [0.1, 0.15) is 19.4 Å². The standard InChI is InChI=1S/C22H22N2O3.CH4O/c1-2-23(15-16-25)19-12-8-17(9-13-19)7-10-18-11-14-22(24(26)27)21-6-4-3-5-20(18)21;1-2/h3-14,25H,2,15-16H2,1H3;2H,1H3/b10-7+;/i1D;2T. The summed E-state index contributed by atoms with van der Waals surface area (Å²) >= 11 is 0. The van der Waals surface area contributed by atoms with Gasteiger partial charge in [-0.3, -0.25) is 10.1 Å². The summed E-state index contributed by atoms with van der Waals surface area (Å²) in [5.41, 5.74) is 3.00. The third-order valence-corrected chi connectivity index (χ3v) is 4.48. The Morgan fingerprint density at radius 3 is 2.45 bits per heavy atom. The average Bonchev–Trinajstić information content (AvgIpc) is 2.78. The van der Waals surface area contributed by atoms with Gasteiger partial charge in [0.15, 0.2) is 0 Å². The van der Waals surface area contributed by atoms with Gasteiger partial charge in [-0.1, -0.05) is 42.5 Å². The monoisotopic (exact) mass is 397 g/mol. The zero-order valence-corrected chi connectivity index (χ0v) is 16.3. The van der Waals surface area contributed by atoms with E-state index in [4.69, 9.17) is 2.80 Å². The molecule has 0 aliphatic rings. The lowest BCUT2D eigenvalue weighted by atomic mass is 10.0. The van der Waals surface area contributed by atoms with Crippen LogP contribution >= 0.6 is 0 Å². The number of nitrogens with zero attached hydrogens (tertiary/aromatic N) is 2. The number of anilines is 1. The fourth-order valence-corrected chi connectivity index (χ4v) is 3.08. The predicted molar refractivity (Wildman–Crippen MR) is 119 cm³/mol. The molecule has 0 amide bonds. The van der Waals surface area contributed by atoms with Crippen molar-refractivity contribution in [3.63, 3.8) is 0 Å². The summed E-state index contributed by atoms with van der Waals surface area (Å²) in [6.45, 7) is 1.40. The van der Waals surface area contributed by atoms with Gasteiger partial charge in [-0.15, -0.1) is 0 Å². The Morgan fingerprint density at radius 1 is 1.14 bits per heavy atom. The molecule has 0 aliphatic heterocycles. The normalized spacial score (nSPS) is 11.5. The van der Waals surface area contributed by atoms with Gasteiger partial charge in [0.1, 0.15) is 0 Å². The van der Waals surface area contributed by atoms with E-state index in [1.807, 2.05) is 53.5 Å². The molecule has 0 radical (unpaired) electrons. The predicted octanol–water partition coefficient (Wildman–Crippen LogP) is 4.35. The first kappa shape index (κ1) is 19.1. The summed E-state index contributed by atoms with van der Waals surface area (Å²) in [5, 5.41) is 25.4. The summed E-state index contributed by atoms with van der Waals surface area (Å²) in [6.07, 6.45) is 3.93. The van der Waals surface area contributed by atoms with E-state index in [-0.39, 0.29) is 24.1 Å². The lowest BCUT2D eigenvalue weighted by Crippen LogP contribution is -2.25. The van der Waals surface area contributed by atoms with Gasteiger partial charge in [0.25, 0.3) is 5.69 Å². The molecule has 0 spiro atoms. The Hall–Kier alpha value is -3.22. The Morgan fingerprint density at radius 2 is 1.83 bits per heavy atom. The maximum absolute atomic E-state index is 11.2. The summed E-state index contributed by atoms with van der Waals surface area (Å²) < 4.78 is 13.1. The quantitative estimate of drug-likeness (QED) is 0.352. The molecule has 3 aromatic rings. The number of aliphatic hydroxyl groups excluding tert-OH is 2. The van der Waals surface area contributed by atoms with Gasteiger partial charge in [-0.25, -0.2) is 0 Å². The van der Waals surface area contributed by atoms with E-state index in [2.05, 4.69) is 5.11 Å². The Balaban J connectivity index is 0.00000107. The smallest absolute Gasteiger partial charge is 0.277 e. The molecule has 152 valence electrons. The highest BCUT2D eigenvalue weighted by atomic mass is 16.6. The van der Waals surface area contributed by atoms with Gasteiger partial charge >= 0.3 is 0 Å². The fraction of sp³-hybridized carbons (Fsp3) is 0.217. The summed E-state index contributed by atoms with van der Waals surface area (Å²) in [7, 11) is 1.29. The highest BCUT2D eigenvalue weighted by Gasteiger charge is 2.12. The van der Waals surface area contributed by atoms with Crippen LogP contribution in [-0.4, -0.2) is 43.4 Å². The van der Waals surface area contributed by atoms with Crippen LogP contribution in [0.5, 0.6) is 0 Å². The van der Waals surface area contributed by atoms with Gasteiger partial charge in [0, 0.05) is 33.3 Å². The topological polar surface area (TPSA) is 86.8 Å². The summed E-state index contributed by atoms with van der Waals surface area (Å²) in [4.78, 5) is 12.9. The highest BCUT2D eigenvalue weighted by Crippen LogP contribution is 2.29. The number of benzene rings is 3. The second kappa shape index (κ2) is 10.9. The van der Waals surface area contributed by atoms with Crippen molar-refractivity contribution in [2.75, 3.05) is 31.7 Å². The molecular weight excluding hydrogens is 368 g/mol. The SMILES string of the molecule is [2H]CCN(CCO)c1ccc(/C=C/c2ccc([N+](=O)[O-])c3ccccc23)cc1.[3H]OC. The Labute approximate surface area is 173 Å². The van der Waals surface area contributed by atoms with Crippen LogP contribution in [0.2, 0.25) is 0 Å². The highest BCUT2D eigenvalue weighted by molar-refractivity contribution is 5.98. The minimum absolute atomic E-state index is 0.0505. The Bertz CT molecular complexity index is 1000. The lowest BCUT2D eigenvalue weighted by Gasteiger charge is -2.21. The van der Waals surface area contributed by atoms with Crippen molar-refractivity contribution in [2.24, 2.45) is 0 Å². The number of likely N-dealkylation sites (N-methyl/N-ethyl adjacent to an activating group) is 1. The summed E-state index contributed by atoms with van der Waals surface area (Å²) in [5.74, 6) is 0. The van der Waals surface area contributed by atoms with Gasteiger partial charge in [-0.2, -0.15) is 0 Å². The Kier molecular flexibility index (Phi) is 7.21. The number of fused-ring (bicyclic) bond motifs is 1. The van der Waals surface area contributed by atoms with Crippen LogP contribution in [0.15, 0.2) is 60.7 Å². The molecule has 0 unspecified atom stereocenters. The molecule has 0 aliphatic carbocycles. The third-order valence-electron chi connectivity index (χ3n) is 4.48. The van der Waals surface area contributed by atoms with Crippen molar-refractivity contribution in [2.45, 2.75) is 6.90 Å². The first-order valence-electron chi connectivity index (χ1n) is 10.3. The average molecular weight is 397 g/mol. The van der Waals surface area contributed by atoms with Crippen LogP contribution in [0.4, 0.5) is 11.4 Å². The molecule has 6 heteroatoms. The second-order valence-corrected chi connectivity index (χ2v) is 6.11. The molecule has 0 fully saturated rings. The number of non-ortho nitro benzene ring substituents is 1. The molecule has 3 rings (SSSR count). The van der Waals surface area contributed by atoms with E-state index in [0.29, 0.717) is 18.5 Å². The number of aliphatic hydroxyl groups is 2. The molecule has 0 saturated carbocycles. The zero-order chi connectivity index (χ0) is 22.6. The number of hydrogen-bond acceptors (Lipinski definition) is 5. The molecule has 6 nitrogen and oxygen atoms in total. The van der Waals surface area contributed by atoms with Crippen molar-refractivity contribution in [1.29, 1.82) is 1.43 Å².